The Bertz CT molecular complexity index is 490. The number of benzene rings is 1. The van der Waals surface area contributed by atoms with Crippen LogP contribution in [-0.2, 0) is 4.79 Å². The van der Waals surface area contributed by atoms with Gasteiger partial charge < -0.3 is 20.1 Å². The zero-order valence-corrected chi connectivity index (χ0v) is 14.5. The molecule has 0 saturated carbocycles. The third-order valence-corrected chi connectivity index (χ3v) is 3.39. The number of nitrogens with one attached hydrogen (secondary N) is 1. The minimum absolute atomic E-state index is 0.0836. The lowest BCUT2D eigenvalue weighted by Crippen LogP contribution is -2.47. The molecule has 0 heterocycles. The smallest absolute Gasteiger partial charge is 0.258 e. The molecule has 1 aromatic carbocycles. The maximum atomic E-state index is 11.8. The Morgan fingerprint density at radius 1 is 1.48 bits per heavy atom. The van der Waals surface area contributed by atoms with Gasteiger partial charge in [0.25, 0.3) is 5.91 Å². The Morgan fingerprint density at radius 3 is 2.71 bits per heavy atom. The highest BCUT2D eigenvalue weighted by atomic mass is 79.9. The summed E-state index contributed by atoms with van der Waals surface area (Å²) in [5.74, 6) is 0.359. The minimum atomic E-state index is -0.969. The molecule has 0 spiro atoms. The lowest BCUT2D eigenvalue weighted by molar-refractivity contribution is -0.124. The molecular weight excluding hydrogens is 336 g/mol. The van der Waals surface area contributed by atoms with Crippen molar-refractivity contribution in [2.24, 2.45) is 0 Å². The first-order valence-electron chi connectivity index (χ1n) is 6.72. The van der Waals surface area contributed by atoms with E-state index in [4.69, 9.17) is 4.74 Å². The number of amides is 1. The molecule has 1 unspecified atom stereocenters. The van der Waals surface area contributed by atoms with Gasteiger partial charge in [-0.25, -0.2) is 0 Å². The molecule has 0 bridgehead atoms. The van der Waals surface area contributed by atoms with Crippen LogP contribution in [-0.4, -0.2) is 55.3 Å². The predicted octanol–water partition coefficient (Wildman–Crippen LogP) is 1.57. The van der Waals surface area contributed by atoms with Crippen molar-refractivity contribution >= 4 is 21.8 Å². The van der Waals surface area contributed by atoms with Crippen LogP contribution in [0.2, 0.25) is 0 Å². The maximum absolute atomic E-state index is 11.8. The van der Waals surface area contributed by atoms with Crippen molar-refractivity contribution in [1.29, 1.82) is 0 Å². The van der Waals surface area contributed by atoms with Crippen molar-refractivity contribution in [2.45, 2.75) is 19.4 Å². The summed E-state index contributed by atoms with van der Waals surface area (Å²) in [4.78, 5) is 13.6. The number of hydrogen-bond donors (Lipinski definition) is 2. The molecule has 6 heteroatoms. The van der Waals surface area contributed by atoms with Crippen LogP contribution in [0.3, 0.4) is 0 Å². The largest absolute Gasteiger partial charge is 0.483 e. The highest BCUT2D eigenvalue weighted by Gasteiger charge is 2.22. The standard InChI is InChI=1S/C15H23BrN2O3/c1-11-5-6-13(12(16)7-11)21-8-14(19)17-9-15(2,20)10-18(3)4/h5-7,20H,8-10H2,1-4H3,(H,17,19). The Kier molecular flexibility index (Phi) is 6.64. The van der Waals surface area contributed by atoms with Crippen LogP contribution in [0, 0.1) is 6.92 Å². The summed E-state index contributed by atoms with van der Waals surface area (Å²) < 4.78 is 6.26. The number of hydrogen-bond acceptors (Lipinski definition) is 4. The number of nitrogens with zero attached hydrogens (tertiary/aromatic N) is 1. The Balaban J connectivity index is 2.41. The fourth-order valence-electron chi connectivity index (χ4n) is 1.94. The van der Waals surface area contributed by atoms with E-state index in [0.29, 0.717) is 12.3 Å². The van der Waals surface area contributed by atoms with Crippen LogP contribution < -0.4 is 10.1 Å². The summed E-state index contributed by atoms with van der Waals surface area (Å²) in [6.07, 6.45) is 0. The number of aliphatic hydroxyl groups is 1. The number of ether oxygens (including phenoxy) is 1. The number of rotatable bonds is 7. The van der Waals surface area contributed by atoms with Crippen molar-refractivity contribution in [3.05, 3.63) is 28.2 Å². The lowest BCUT2D eigenvalue weighted by Gasteiger charge is -2.27. The highest BCUT2D eigenvalue weighted by molar-refractivity contribution is 9.10. The van der Waals surface area contributed by atoms with E-state index in [1.54, 1.807) is 6.92 Å². The Hall–Kier alpha value is -1.11. The maximum Gasteiger partial charge on any atom is 0.258 e. The van der Waals surface area contributed by atoms with Gasteiger partial charge in [0.2, 0.25) is 0 Å². The number of carbonyl (C=O) groups excluding carboxylic acids is 1. The van der Waals surface area contributed by atoms with E-state index in [9.17, 15) is 9.90 Å². The molecule has 0 fully saturated rings. The van der Waals surface area contributed by atoms with Gasteiger partial charge in [-0.15, -0.1) is 0 Å². The third-order valence-electron chi connectivity index (χ3n) is 2.77. The van der Waals surface area contributed by atoms with E-state index >= 15 is 0 Å². The van der Waals surface area contributed by atoms with Crippen molar-refractivity contribution in [3.63, 3.8) is 0 Å². The summed E-state index contributed by atoms with van der Waals surface area (Å²) in [6.45, 7) is 4.23. The Morgan fingerprint density at radius 2 is 2.14 bits per heavy atom. The van der Waals surface area contributed by atoms with Crippen molar-refractivity contribution < 1.29 is 14.6 Å². The second-order valence-corrected chi connectivity index (χ2v) is 6.59. The van der Waals surface area contributed by atoms with Gasteiger partial charge in [0, 0.05) is 13.1 Å². The SMILES string of the molecule is Cc1ccc(OCC(=O)NCC(C)(O)CN(C)C)c(Br)c1. The van der Waals surface area contributed by atoms with Crippen LogP contribution in [0.1, 0.15) is 12.5 Å². The van der Waals surface area contributed by atoms with Crippen molar-refractivity contribution in [3.8, 4) is 5.75 Å². The first kappa shape index (κ1) is 17.9. The first-order chi connectivity index (χ1) is 9.69. The number of aryl methyl sites for hydroxylation is 1. The quantitative estimate of drug-likeness (QED) is 0.776. The topological polar surface area (TPSA) is 61.8 Å². The first-order valence-corrected chi connectivity index (χ1v) is 7.52. The lowest BCUT2D eigenvalue weighted by atomic mass is 10.1. The van der Waals surface area contributed by atoms with Gasteiger partial charge in [-0.3, -0.25) is 4.79 Å². The van der Waals surface area contributed by atoms with Gasteiger partial charge in [0.15, 0.2) is 6.61 Å². The van der Waals surface area contributed by atoms with Crippen LogP contribution in [0.5, 0.6) is 5.75 Å². The van der Waals surface area contributed by atoms with Crippen LogP contribution in [0.15, 0.2) is 22.7 Å². The second-order valence-electron chi connectivity index (χ2n) is 5.73. The van der Waals surface area contributed by atoms with Crippen LogP contribution in [0.4, 0.5) is 0 Å². The second kappa shape index (κ2) is 7.77. The van der Waals surface area contributed by atoms with Crippen LogP contribution >= 0.6 is 15.9 Å². The molecule has 1 amide bonds. The summed E-state index contributed by atoms with van der Waals surface area (Å²) in [7, 11) is 3.74. The average molecular weight is 359 g/mol. The molecule has 0 radical (unpaired) electrons. The molecule has 1 rings (SSSR count). The van der Waals surface area contributed by atoms with E-state index in [1.807, 2.05) is 44.1 Å². The zero-order valence-electron chi connectivity index (χ0n) is 12.9. The van der Waals surface area contributed by atoms with Gasteiger partial charge in [0.05, 0.1) is 10.1 Å². The molecule has 0 aliphatic carbocycles. The van der Waals surface area contributed by atoms with Gasteiger partial charge in [-0.1, -0.05) is 6.07 Å². The molecule has 21 heavy (non-hydrogen) atoms. The fourth-order valence-corrected chi connectivity index (χ4v) is 2.55. The molecule has 0 aliphatic rings. The summed E-state index contributed by atoms with van der Waals surface area (Å²) in [6, 6.07) is 5.66. The molecule has 0 aliphatic heterocycles. The number of carbonyl (C=O) groups is 1. The molecular formula is C15H23BrN2O3. The zero-order chi connectivity index (χ0) is 16.0. The monoisotopic (exact) mass is 358 g/mol. The summed E-state index contributed by atoms with van der Waals surface area (Å²) in [5, 5.41) is 12.8. The molecule has 2 N–H and O–H groups in total. The average Bonchev–Trinajstić information content (AvgIpc) is 2.34. The molecule has 1 atom stereocenters. The predicted molar refractivity (Wildman–Crippen MR) is 86.6 cm³/mol. The molecule has 5 nitrogen and oxygen atoms in total. The van der Waals surface area contributed by atoms with E-state index < -0.39 is 5.60 Å². The van der Waals surface area contributed by atoms with Crippen molar-refractivity contribution in [2.75, 3.05) is 33.8 Å². The molecule has 1 aromatic rings. The Labute approximate surface area is 134 Å². The van der Waals surface area contributed by atoms with Gasteiger partial charge in [-0.05, 0) is 61.6 Å². The minimum Gasteiger partial charge on any atom is -0.483 e. The van der Waals surface area contributed by atoms with Gasteiger partial charge in [0.1, 0.15) is 5.75 Å². The molecule has 118 valence electrons. The van der Waals surface area contributed by atoms with E-state index in [-0.39, 0.29) is 19.1 Å². The highest BCUT2D eigenvalue weighted by Crippen LogP contribution is 2.25. The van der Waals surface area contributed by atoms with Crippen LogP contribution in [0.25, 0.3) is 0 Å². The summed E-state index contributed by atoms with van der Waals surface area (Å²) in [5.41, 5.74) is 0.141. The number of likely N-dealkylation sites (N-methyl/N-ethyl adjacent to an activating group) is 1. The molecule has 0 saturated heterocycles. The number of halogens is 1. The normalized spacial score (nSPS) is 13.9. The van der Waals surface area contributed by atoms with E-state index in [2.05, 4.69) is 21.2 Å². The third kappa shape index (κ3) is 6.93. The van der Waals surface area contributed by atoms with Gasteiger partial charge >= 0.3 is 0 Å². The fraction of sp³-hybridized carbons (Fsp3) is 0.533. The van der Waals surface area contributed by atoms with Crippen molar-refractivity contribution in [1.82, 2.24) is 10.2 Å². The van der Waals surface area contributed by atoms with E-state index in [1.165, 1.54) is 0 Å². The van der Waals surface area contributed by atoms with E-state index in [0.717, 1.165) is 10.0 Å². The van der Waals surface area contributed by atoms with Gasteiger partial charge in [-0.2, -0.15) is 0 Å². The molecule has 0 aromatic heterocycles. The summed E-state index contributed by atoms with van der Waals surface area (Å²) >= 11 is 3.39.